The van der Waals surface area contributed by atoms with Crippen molar-refractivity contribution in [3.05, 3.63) is 53.6 Å². The van der Waals surface area contributed by atoms with Gasteiger partial charge in [0.15, 0.2) is 11.5 Å². The van der Waals surface area contributed by atoms with Gasteiger partial charge in [-0.2, -0.15) is 0 Å². The Morgan fingerprint density at radius 3 is 2.56 bits per heavy atom. The zero-order valence-electron chi connectivity index (χ0n) is 14.2. The fourth-order valence-corrected chi connectivity index (χ4v) is 2.58. The summed E-state index contributed by atoms with van der Waals surface area (Å²) in [6.07, 6.45) is 0.211. The first-order valence-corrected chi connectivity index (χ1v) is 8.03. The number of fused-ring (bicyclic) bond motifs is 1. The van der Waals surface area contributed by atoms with E-state index < -0.39 is 0 Å². The summed E-state index contributed by atoms with van der Waals surface area (Å²) in [6, 6.07) is 12.4. The molecule has 1 aliphatic rings. The van der Waals surface area contributed by atoms with Crippen molar-refractivity contribution in [3.8, 4) is 11.5 Å². The van der Waals surface area contributed by atoms with Crippen LogP contribution in [0.4, 0.5) is 5.69 Å². The van der Waals surface area contributed by atoms with E-state index in [0.717, 1.165) is 5.56 Å². The summed E-state index contributed by atoms with van der Waals surface area (Å²) in [7, 11) is 3.38. The first-order valence-electron chi connectivity index (χ1n) is 8.03. The van der Waals surface area contributed by atoms with E-state index in [9.17, 15) is 9.59 Å². The standard InChI is InChI=1S/C19H20N2O4/c1-21(2)19(23)14-4-3-5-15(12-14)20-18(22)11-13-6-7-16-17(10-13)25-9-8-24-16/h3-7,10,12H,8-9,11H2,1-2H3,(H,20,22). The van der Waals surface area contributed by atoms with Gasteiger partial charge in [0.2, 0.25) is 5.91 Å². The van der Waals surface area contributed by atoms with Gasteiger partial charge in [-0.05, 0) is 35.9 Å². The maximum atomic E-state index is 12.3. The van der Waals surface area contributed by atoms with Crippen LogP contribution in [0.15, 0.2) is 42.5 Å². The Morgan fingerprint density at radius 1 is 1.04 bits per heavy atom. The first-order chi connectivity index (χ1) is 12.0. The van der Waals surface area contributed by atoms with Crippen molar-refractivity contribution in [2.24, 2.45) is 0 Å². The predicted octanol–water partition coefficient (Wildman–Crippen LogP) is 2.34. The molecule has 2 aromatic rings. The number of hydrogen-bond donors (Lipinski definition) is 1. The molecule has 1 N–H and O–H groups in total. The summed E-state index contributed by atoms with van der Waals surface area (Å²) in [5.74, 6) is 1.09. The molecule has 25 heavy (non-hydrogen) atoms. The summed E-state index contributed by atoms with van der Waals surface area (Å²) >= 11 is 0. The van der Waals surface area contributed by atoms with Crippen LogP contribution in [0.3, 0.4) is 0 Å². The fourth-order valence-electron chi connectivity index (χ4n) is 2.58. The fraction of sp³-hybridized carbons (Fsp3) is 0.263. The lowest BCUT2D eigenvalue weighted by Crippen LogP contribution is -2.22. The lowest BCUT2D eigenvalue weighted by molar-refractivity contribution is -0.115. The summed E-state index contributed by atoms with van der Waals surface area (Å²) in [5.41, 5.74) is 1.96. The Hall–Kier alpha value is -3.02. The van der Waals surface area contributed by atoms with Gasteiger partial charge < -0.3 is 19.7 Å². The van der Waals surface area contributed by atoms with E-state index in [2.05, 4.69) is 5.32 Å². The molecule has 0 bridgehead atoms. The van der Waals surface area contributed by atoms with E-state index in [4.69, 9.17) is 9.47 Å². The topological polar surface area (TPSA) is 67.9 Å². The molecule has 130 valence electrons. The summed E-state index contributed by atoms with van der Waals surface area (Å²) in [6.45, 7) is 1.05. The zero-order valence-corrected chi connectivity index (χ0v) is 14.2. The molecule has 6 nitrogen and oxygen atoms in total. The highest BCUT2D eigenvalue weighted by atomic mass is 16.6. The number of carbonyl (C=O) groups is 2. The smallest absolute Gasteiger partial charge is 0.253 e. The minimum absolute atomic E-state index is 0.108. The van der Waals surface area contributed by atoms with Gasteiger partial charge >= 0.3 is 0 Å². The van der Waals surface area contributed by atoms with Gasteiger partial charge in [0.05, 0.1) is 6.42 Å². The van der Waals surface area contributed by atoms with Crippen molar-refractivity contribution in [3.63, 3.8) is 0 Å². The molecule has 1 aliphatic heterocycles. The van der Waals surface area contributed by atoms with Crippen LogP contribution in [0.25, 0.3) is 0 Å². The van der Waals surface area contributed by atoms with E-state index in [1.165, 1.54) is 4.90 Å². The number of carbonyl (C=O) groups excluding carboxylic acids is 2. The molecular formula is C19H20N2O4. The Bertz CT molecular complexity index is 802. The summed E-state index contributed by atoms with van der Waals surface area (Å²) in [4.78, 5) is 25.8. The normalized spacial score (nSPS) is 12.4. The van der Waals surface area contributed by atoms with Crippen molar-refractivity contribution in [1.82, 2.24) is 4.90 Å². The van der Waals surface area contributed by atoms with Crippen LogP contribution >= 0.6 is 0 Å². The predicted molar refractivity (Wildman–Crippen MR) is 94.2 cm³/mol. The highest BCUT2D eigenvalue weighted by molar-refractivity contribution is 5.97. The number of ether oxygens (including phenoxy) is 2. The molecule has 0 atom stereocenters. The SMILES string of the molecule is CN(C)C(=O)c1cccc(NC(=O)Cc2ccc3c(c2)OCCO3)c1. The quantitative estimate of drug-likeness (QED) is 0.928. The average molecular weight is 340 g/mol. The molecular weight excluding hydrogens is 320 g/mol. The van der Waals surface area contributed by atoms with Crippen LogP contribution in [0.5, 0.6) is 11.5 Å². The molecule has 0 spiro atoms. The van der Waals surface area contributed by atoms with Crippen molar-refractivity contribution >= 4 is 17.5 Å². The minimum atomic E-state index is -0.161. The number of amides is 2. The molecule has 0 aliphatic carbocycles. The molecule has 2 aromatic carbocycles. The second kappa shape index (κ2) is 7.25. The lowest BCUT2D eigenvalue weighted by atomic mass is 10.1. The summed E-state index contributed by atoms with van der Waals surface area (Å²) in [5, 5.41) is 2.82. The highest BCUT2D eigenvalue weighted by Crippen LogP contribution is 2.30. The minimum Gasteiger partial charge on any atom is -0.486 e. The van der Waals surface area contributed by atoms with Gasteiger partial charge in [-0.1, -0.05) is 12.1 Å². The van der Waals surface area contributed by atoms with E-state index >= 15 is 0 Å². The van der Waals surface area contributed by atoms with Crippen LogP contribution in [0.1, 0.15) is 15.9 Å². The summed E-state index contributed by atoms with van der Waals surface area (Å²) < 4.78 is 11.0. The van der Waals surface area contributed by atoms with Crippen LogP contribution in [0.2, 0.25) is 0 Å². The van der Waals surface area contributed by atoms with Crippen molar-refractivity contribution in [2.75, 3.05) is 32.6 Å². The molecule has 0 fully saturated rings. The number of nitrogens with one attached hydrogen (secondary N) is 1. The van der Waals surface area contributed by atoms with Crippen LogP contribution < -0.4 is 14.8 Å². The molecule has 3 rings (SSSR count). The molecule has 0 radical (unpaired) electrons. The molecule has 0 saturated heterocycles. The first kappa shape index (κ1) is 16.8. The van der Waals surface area contributed by atoms with Crippen LogP contribution in [0, 0.1) is 0 Å². The van der Waals surface area contributed by atoms with Gasteiger partial charge in [-0.25, -0.2) is 0 Å². The Balaban J connectivity index is 1.67. The largest absolute Gasteiger partial charge is 0.486 e. The molecule has 6 heteroatoms. The number of anilines is 1. The number of hydrogen-bond acceptors (Lipinski definition) is 4. The number of rotatable bonds is 4. The van der Waals surface area contributed by atoms with Gasteiger partial charge in [0.1, 0.15) is 13.2 Å². The van der Waals surface area contributed by atoms with Crippen LogP contribution in [-0.2, 0) is 11.2 Å². The van der Waals surface area contributed by atoms with E-state index in [1.54, 1.807) is 38.4 Å². The van der Waals surface area contributed by atoms with Crippen LogP contribution in [-0.4, -0.2) is 44.0 Å². The Labute approximate surface area is 146 Å². The molecule has 0 saturated carbocycles. The van der Waals surface area contributed by atoms with Gasteiger partial charge in [-0.3, -0.25) is 9.59 Å². The maximum Gasteiger partial charge on any atom is 0.253 e. The van der Waals surface area contributed by atoms with Gasteiger partial charge in [0, 0.05) is 25.3 Å². The molecule has 2 amide bonds. The third-order valence-corrected chi connectivity index (χ3v) is 3.77. The molecule has 1 heterocycles. The number of benzene rings is 2. The van der Waals surface area contributed by atoms with Crippen molar-refractivity contribution in [1.29, 1.82) is 0 Å². The highest BCUT2D eigenvalue weighted by Gasteiger charge is 2.14. The van der Waals surface area contributed by atoms with E-state index in [1.807, 2.05) is 18.2 Å². The Kier molecular flexibility index (Phi) is 4.88. The molecule has 0 aromatic heterocycles. The van der Waals surface area contributed by atoms with E-state index in [0.29, 0.717) is 36.0 Å². The third-order valence-electron chi connectivity index (χ3n) is 3.77. The Morgan fingerprint density at radius 2 is 1.80 bits per heavy atom. The third kappa shape index (κ3) is 4.09. The van der Waals surface area contributed by atoms with Gasteiger partial charge in [0.25, 0.3) is 5.91 Å². The van der Waals surface area contributed by atoms with Gasteiger partial charge in [-0.15, -0.1) is 0 Å². The van der Waals surface area contributed by atoms with Crippen molar-refractivity contribution < 1.29 is 19.1 Å². The van der Waals surface area contributed by atoms with Crippen molar-refractivity contribution in [2.45, 2.75) is 6.42 Å². The molecule has 0 unspecified atom stereocenters. The zero-order chi connectivity index (χ0) is 17.8. The average Bonchev–Trinajstić information content (AvgIpc) is 2.61. The number of nitrogens with zero attached hydrogens (tertiary/aromatic N) is 1. The second-order valence-electron chi connectivity index (χ2n) is 5.98. The second-order valence-corrected chi connectivity index (χ2v) is 5.98. The monoisotopic (exact) mass is 340 g/mol. The van der Waals surface area contributed by atoms with E-state index in [-0.39, 0.29) is 18.2 Å². The maximum absolute atomic E-state index is 12.3. The lowest BCUT2D eigenvalue weighted by Gasteiger charge is -2.18.